The van der Waals surface area contributed by atoms with Gasteiger partial charge in [-0.1, -0.05) is 44.2 Å². The molecule has 0 spiro atoms. The number of aromatic nitrogens is 2. The molecule has 190 valence electrons. The van der Waals surface area contributed by atoms with Gasteiger partial charge in [0, 0.05) is 43.2 Å². The molecule has 0 radical (unpaired) electrons. The zero-order valence-electron chi connectivity index (χ0n) is 21.4. The Kier molecular flexibility index (Phi) is 6.36. The number of rotatable bonds is 4. The van der Waals surface area contributed by atoms with Crippen molar-refractivity contribution in [3.05, 3.63) is 30.1 Å². The first-order valence-corrected chi connectivity index (χ1v) is 14.9. The number of piperidine rings is 2. The number of hydrogen-bond donors (Lipinski definition) is 1. The molecule has 2 saturated carbocycles. The quantitative estimate of drug-likeness (QED) is 0.634. The molecule has 1 N–H and O–H groups in total. The minimum atomic E-state index is 0.379. The van der Waals surface area contributed by atoms with Crippen LogP contribution in [0.25, 0.3) is 11.0 Å². The van der Waals surface area contributed by atoms with E-state index in [-0.39, 0.29) is 0 Å². The number of nitrogens with one attached hydrogen (secondary N) is 1. The second kappa shape index (κ2) is 9.79. The molecule has 7 atom stereocenters. The summed E-state index contributed by atoms with van der Waals surface area (Å²) in [5.74, 6) is 3.29. The maximum absolute atomic E-state index is 5.79. The number of fused-ring (bicyclic) bond motifs is 5. The van der Waals surface area contributed by atoms with Gasteiger partial charge in [-0.3, -0.25) is 4.90 Å². The molecule has 4 heterocycles. The molecule has 5 heteroatoms. The van der Waals surface area contributed by atoms with Crippen LogP contribution in [0.4, 0.5) is 0 Å². The van der Waals surface area contributed by atoms with Crippen LogP contribution in [0.1, 0.15) is 88.9 Å². The van der Waals surface area contributed by atoms with E-state index in [2.05, 4.69) is 39.0 Å². The van der Waals surface area contributed by atoms with Crippen LogP contribution in [0.15, 0.2) is 24.3 Å². The average Bonchev–Trinajstić information content (AvgIpc) is 3.14. The van der Waals surface area contributed by atoms with Gasteiger partial charge in [-0.15, -0.1) is 0 Å². The normalized spacial score (nSPS) is 38.3. The summed E-state index contributed by atoms with van der Waals surface area (Å²) in [5, 5.41) is 3.67. The summed E-state index contributed by atoms with van der Waals surface area (Å²) in [7, 11) is 0. The van der Waals surface area contributed by atoms with E-state index in [1.807, 2.05) is 0 Å². The number of hydrogen-bond acceptors (Lipinski definition) is 4. The van der Waals surface area contributed by atoms with Gasteiger partial charge in [0.15, 0.2) is 0 Å². The molecule has 4 bridgehead atoms. The highest BCUT2D eigenvalue weighted by Crippen LogP contribution is 2.47. The lowest BCUT2D eigenvalue weighted by molar-refractivity contribution is -0.0421. The Labute approximate surface area is 211 Å². The lowest BCUT2D eigenvalue weighted by Gasteiger charge is -2.54. The van der Waals surface area contributed by atoms with Crippen LogP contribution in [-0.4, -0.2) is 58.4 Å². The van der Waals surface area contributed by atoms with Crippen molar-refractivity contribution in [2.75, 3.05) is 19.8 Å². The Balaban J connectivity index is 1.16. The first-order chi connectivity index (χ1) is 17.3. The molecular formula is C30H44N4O. The zero-order chi connectivity index (χ0) is 23.2. The molecule has 3 aliphatic heterocycles. The van der Waals surface area contributed by atoms with Crippen molar-refractivity contribution in [1.29, 1.82) is 0 Å². The number of para-hydroxylation sites is 2. The molecule has 0 amide bonds. The summed E-state index contributed by atoms with van der Waals surface area (Å²) in [6, 6.07) is 12.2. The maximum atomic E-state index is 5.79. The molecule has 1 aromatic carbocycles. The number of morpholine rings is 1. The van der Waals surface area contributed by atoms with Crippen molar-refractivity contribution < 1.29 is 4.74 Å². The topological polar surface area (TPSA) is 42.3 Å². The van der Waals surface area contributed by atoms with E-state index in [0.29, 0.717) is 12.1 Å². The van der Waals surface area contributed by atoms with Gasteiger partial charge in [-0.05, 0) is 68.9 Å². The Bertz CT molecular complexity index is 985. The van der Waals surface area contributed by atoms with Gasteiger partial charge in [0.1, 0.15) is 5.82 Å². The standard InChI is InChI=1S/C30H44N4O/c1-2-7-22-14-21(6-1)15-26(16-22)33-24-8-5-9-25(33)19-27(18-24)34-29-11-4-3-10-28(29)32-30(34)17-23-20-35-13-12-31-23/h3-4,10-11,21-27,31H,1-2,5-9,12-20H2/t21-,22+,23-,24-,25+,26+,27-/m1/s1. The van der Waals surface area contributed by atoms with Gasteiger partial charge in [0.25, 0.3) is 0 Å². The Hall–Kier alpha value is -1.43. The maximum Gasteiger partial charge on any atom is 0.111 e. The number of benzene rings is 1. The molecule has 5 aliphatic rings. The first kappa shape index (κ1) is 22.7. The fraction of sp³-hybridized carbons (Fsp3) is 0.767. The summed E-state index contributed by atoms with van der Waals surface area (Å²) < 4.78 is 8.47. The van der Waals surface area contributed by atoms with Gasteiger partial charge in [0.05, 0.1) is 24.2 Å². The van der Waals surface area contributed by atoms with Gasteiger partial charge in [-0.25, -0.2) is 4.98 Å². The van der Waals surface area contributed by atoms with Crippen molar-refractivity contribution in [1.82, 2.24) is 19.8 Å². The van der Waals surface area contributed by atoms with Gasteiger partial charge >= 0.3 is 0 Å². The third kappa shape index (κ3) is 4.46. The van der Waals surface area contributed by atoms with Crippen molar-refractivity contribution in [2.24, 2.45) is 11.8 Å². The molecule has 1 aromatic heterocycles. The zero-order valence-corrected chi connectivity index (χ0v) is 21.4. The molecule has 0 unspecified atom stereocenters. The van der Waals surface area contributed by atoms with Crippen LogP contribution >= 0.6 is 0 Å². The number of ether oxygens (including phenoxy) is 1. The first-order valence-electron chi connectivity index (χ1n) is 14.9. The van der Waals surface area contributed by atoms with Crippen LogP contribution in [0.5, 0.6) is 0 Å². The van der Waals surface area contributed by atoms with Crippen LogP contribution in [0, 0.1) is 11.8 Å². The lowest BCUT2D eigenvalue weighted by atomic mass is 9.73. The predicted octanol–water partition coefficient (Wildman–Crippen LogP) is 5.48. The van der Waals surface area contributed by atoms with E-state index in [0.717, 1.165) is 56.1 Å². The van der Waals surface area contributed by atoms with Crippen molar-refractivity contribution >= 4 is 11.0 Å². The van der Waals surface area contributed by atoms with Crippen molar-refractivity contribution in [3.8, 4) is 0 Å². The van der Waals surface area contributed by atoms with E-state index >= 15 is 0 Å². The third-order valence-electron chi connectivity index (χ3n) is 10.2. The van der Waals surface area contributed by atoms with Crippen LogP contribution in [0.3, 0.4) is 0 Å². The molecule has 2 aromatic rings. The summed E-state index contributed by atoms with van der Waals surface area (Å²) in [6.07, 6.45) is 18.3. The minimum Gasteiger partial charge on any atom is -0.379 e. The number of imidazole rings is 1. The summed E-state index contributed by atoms with van der Waals surface area (Å²) in [6.45, 7) is 2.59. The summed E-state index contributed by atoms with van der Waals surface area (Å²) in [4.78, 5) is 8.28. The summed E-state index contributed by atoms with van der Waals surface area (Å²) >= 11 is 0. The van der Waals surface area contributed by atoms with Gasteiger partial charge < -0.3 is 14.6 Å². The Morgan fingerprint density at radius 3 is 2.34 bits per heavy atom. The molecule has 2 aliphatic carbocycles. The van der Waals surface area contributed by atoms with E-state index < -0.39 is 0 Å². The fourth-order valence-corrected chi connectivity index (χ4v) is 8.92. The minimum absolute atomic E-state index is 0.379. The highest BCUT2D eigenvalue weighted by molar-refractivity contribution is 5.76. The smallest absolute Gasteiger partial charge is 0.111 e. The highest BCUT2D eigenvalue weighted by atomic mass is 16.5. The van der Waals surface area contributed by atoms with Crippen molar-refractivity contribution in [3.63, 3.8) is 0 Å². The van der Waals surface area contributed by atoms with Gasteiger partial charge in [-0.2, -0.15) is 0 Å². The van der Waals surface area contributed by atoms with Crippen LogP contribution in [0.2, 0.25) is 0 Å². The highest BCUT2D eigenvalue weighted by Gasteiger charge is 2.45. The molecule has 5 nitrogen and oxygen atoms in total. The molecule has 3 saturated heterocycles. The average molecular weight is 477 g/mol. The predicted molar refractivity (Wildman–Crippen MR) is 141 cm³/mol. The summed E-state index contributed by atoms with van der Waals surface area (Å²) in [5.41, 5.74) is 2.52. The molecule has 7 rings (SSSR count). The van der Waals surface area contributed by atoms with E-state index in [1.54, 1.807) is 0 Å². The van der Waals surface area contributed by atoms with Crippen LogP contribution in [-0.2, 0) is 11.2 Å². The largest absolute Gasteiger partial charge is 0.379 e. The van der Waals surface area contributed by atoms with E-state index in [4.69, 9.17) is 9.72 Å². The Morgan fingerprint density at radius 2 is 1.60 bits per heavy atom. The van der Waals surface area contributed by atoms with E-state index in [1.165, 1.54) is 93.9 Å². The lowest BCUT2D eigenvalue weighted by Crippen LogP contribution is -2.58. The molecule has 35 heavy (non-hydrogen) atoms. The monoisotopic (exact) mass is 476 g/mol. The second-order valence-corrected chi connectivity index (χ2v) is 12.5. The second-order valence-electron chi connectivity index (χ2n) is 12.5. The molecule has 5 fully saturated rings. The molecular weight excluding hydrogens is 432 g/mol. The third-order valence-corrected chi connectivity index (χ3v) is 10.2. The number of nitrogens with zero attached hydrogens (tertiary/aromatic N) is 3. The Morgan fingerprint density at radius 1 is 0.829 bits per heavy atom. The van der Waals surface area contributed by atoms with Crippen molar-refractivity contribution in [2.45, 2.75) is 114 Å². The van der Waals surface area contributed by atoms with E-state index in [9.17, 15) is 0 Å². The SMILES string of the molecule is c1ccc2c(c1)nc(C[C@@H]1COCCN1)n2[C@@H]1C[C@H]2CCC[C@@H](C1)N2[C@H]1C[C@@H]2CCCC[C@@H](C2)C1. The van der Waals surface area contributed by atoms with Gasteiger partial charge in [0.2, 0.25) is 0 Å². The van der Waals surface area contributed by atoms with Crippen LogP contribution < -0.4 is 5.32 Å². The fourth-order valence-electron chi connectivity index (χ4n) is 8.92.